The highest BCUT2D eigenvalue weighted by Crippen LogP contribution is 2.28. The van der Waals surface area contributed by atoms with Crippen LogP contribution in [0.15, 0.2) is 28.7 Å². The SMILES string of the molecule is Cc1nc(-c2cccc(Br)c2)c(C(C)C)[nH]1. The molecular weight excluding hydrogens is 264 g/mol. The predicted molar refractivity (Wildman–Crippen MR) is 70.5 cm³/mol. The lowest BCUT2D eigenvalue weighted by atomic mass is 10.0. The molecule has 16 heavy (non-hydrogen) atoms. The van der Waals surface area contributed by atoms with Gasteiger partial charge in [-0.15, -0.1) is 0 Å². The van der Waals surface area contributed by atoms with Crippen LogP contribution in [0, 0.1) is 6.92 Å². The van der Waals surface area contributed by atoms with Crippen LogP contribution in [0.25, 0.3) is 11.3 Å². The molecule has 1 heterocycles. The van der Waals surface area contributed by atoms with Crippen LogP contribution in [0.2, 0.25) is 0 Å². The van der Waals surface area contributed by atoms with Crippen molar-refractivity contribution in [3.8, 4) is 11.3 Å². The summed E-state index contributed by atoms with van der Waals surface area (Å²) in [6.07, 6.45) is 0. The summed E-state index contributed by atoms with van der Waals surface area (Å²) in [6, 6.07) is 8.25. The Bertz CT molecular complexity index is 500. The lowest BCUT2D eigenvalue weighted by Gasteiger charge is -2.06. The van der Waals surface area contributed by atoms with Gasteiger partial charge >= 0.3 is 0 Å². The molecule has 1 aromatic carbocycles. The maximum atomic E-state index is 4.57. The van der Waals surface area contributed by atoms with Gasteiger partial charge in [-0.1, -0.05) is 41.9 Å². The van der Waals surface area contributed by atoms with Crippen molar-refractivity contribution >= 4 is 15.9 Å². The molecule has 0 saturated heterocycles. The molecule has 0 aliphatic heterocycles. The summed E-state index contributed by atoms with van der Waals surface area (Å²) in [5.41, 5.74) is 3.42. The van der Waals surface area contributed by atoms with Crippen molar-refractivity contribution < 1.29 is 0 Å². The third-order valence-electron chi connectivity index (χ3n) is 2.53. The summed E-state index contributed by atoms with van der Waals surface area (Å²) in [7, 11) is 0. The summed E-state index contributed by atoms with van der Waals surface area (Å²) in [5, 5.41) is 0. The highest BCUT2D eigenvalue weighted by molar-refractivity contribution is 9.10. The zero-order valence-electron chi connectivity index (χ0n) is 9.71. The van der Waals surface area contributed by atoms with Gasteiger partial charge in [0.25, 0.3) is 0 Å². The second-order valence-electron chi connectivity index (χ2n) is 4.25. The minimum Gasteiger partial charge on any atom is -0.345 e. The maximum Gasteiger partial charge on any atom is 0.103 e. The van der Waals surface area contributed by atoms with E-state index in [0.717, 1.165) is 21.6 Å². The quantitative estimate of drug-likeness (QED) is 0.873. The van der Waals surface area contributed by atoms with Gasteiger partial charge in [0.2, 0.25) is 0 Å². The normalized spacial score (nSPS) is 11.1. The van der Waals surface area contributed by atoms with Crippen molar-refractivity contribution in [2.24, 2.45) is 0 Å². The number of nitrogens with one attached hydrogen (secondary N) is 1. The van der Waals surface area contributed by atoms with Crippen LogP contribution in [-0.4, -0.2) is 9.97 Å². The fraction of sp³-hybridized carbons (Fsp3) is 0.308. The minimum atomic E-state index is 0.454. The molecule has 0 saturated carbocycles. The molecule has 1 N–H and O–H groups in total. The highest BCUT2D eigenvalue weighted by Gasteiger charge is 2.13. The number of aromatic amines is 1. The van der Waals surface area contributed by atoms with Crippen molar-refractivity contribution in [3.63, 3.8) is 0 Å². The molecule has 2 aromatic rings. The van der Waals surface area contributed by atoms with Crippen LogP contribution in [0.5, 0.6) is 0 Å². The van der Waals surface area contributed by atoms with Gasteiger partial charge in [-0.2, -0.15) is 0 Å². The van der Waals surface area contributed by atoms with Crippen molar-refractivity contribution in [1.29, 1.82) is 0 Å². The molecule has 1 aromatic heterocycles. The summed E-state index contributed by atoms with van der Waals surface area (Å²) in [5.74, 6) is 1.42. The van der Waals surface area contributed by atoms with Gasteiger partial charge in [0.15, 0.2) is 0 Å². The molecule has 0 bridgehead atoms. The number of H-pyrrole nitrogens is 1. The molecule has 0 aliphatic carbocycles. The number of imidazole rings is 1. The van der Waals surface area contributed by atoms with E-state index in [4.69, 9.17) is 0 Å². The van der Waals surface area contributed by atoms with Crippen LogP contribution >= 0.6 is 15.9 Å². The first-order valence-electron chi connectivity index (χ1n) is 5.40. The van der Waals surface area contributed by atoms with Gasteiger partial charge in [0, 0.05) is 15.7 Å². The van der Waals surface area contributed by atoms with Gasteiger partial charge in [-0.3, -0.25) is 0 Å². The van der Waals surface area contributed by atoms with Gasteiger partial charge in [-0.25, -0.2) is 4.98 Å². The Morgan fingerprint density at radius 1 is 1.31 bits per heavy atom. The molecule has 0 atom stereocenters. The van der Waals surface area contributed by atoms with Gasteiger partial charge in [0.05, 0.1) is 5.69 Å². The number of hydrogen-bond acceptors (Lipinski definition) is 1. The molecule has 0 amide bonds. The van der Waals surface area contributed by atoms with Gasteiger partial charge < -0.3 is 4.98 Å². The van der Waals surface area contributed by atoms with E-state index in [9.17, 15) is 0 Å². The maximum absolute atomic E-state index is 4.57. The van der Waals surface area contributed by atoms with E-state index in [1.54, 1.807) is 0 Å². The average Bonchev–Trinajstić information content (AvgIpc) is 2.60. The van der Waals surface area contributed by atoms with Crippen LogP contribution in [-0.2, 0) is 0 Å². The Kier molecular flexibility index (Phi) is 3.15. The molecule has 3 heteroatoms. The molecule has 0 unspecified atom stereocenters. The topological polar surface area (TPSA) is 28.7 Å². The van der Waals surface area contributed by atoms with Gasteiger partial charge in [0.1, 0.15) is 5.82 Å². The lowest BCUT2D eigenvalue weighted by Crippen LogP contribution is -1.91. The van der Waals surface area contributed by atoms with Gasteiger partial charge in [-0.05, 0) is 25.0 Å². The number of rotatable bonds is 2. The van der Waals surface area contributed by atoms with E-state index in [1.807, 2.05) is 19.1 Å². The van der Waals surface area contributed by atoms with Crippen molar-refractivity contribution in [2.45, 2.75) is 26.7 Å². The fourth-order valence-corrected chi connectivity index (χ4v) is 2.18. The van der Waals surface area contributed by atoms with E-state index in [2.05, 4.69) is 51.9 Å². The van der Waals surface area contributed by atoms with Crippen LogP contribution in [0.3, 0.4) is 0 Å². The number of nitrogens with zero attached hydrogens (tertiary/aromatic N) is 1. The number of aromatic nitrogens is 2. The monoisotopic (exact) mass is 278 g/mol. The second kappa shape index (κ2) is 4.42. The Morgan fingerprint density at radius 3 is 2.69 bits per heavy atom. The summed E-state index contributed by atoms with van der Waals surface area (Å²) in [4.78, 5) is 7.90. The standard InChI is InChI=1S/C13H15BrN2/c1-8(2)12-13(16-9(3)15-12)10-5-4-6-11(14)7-10/h4-8H,1-3H3,(H,15,16). The molecule has 0 spiro atoms. The Morgan fingerprint density at radius 2 is 2.06 bits per heavy atom. The van der Waals surface area contributed by atoms with Crippen LogP contribution in [0.1, 0.15) is 31.3 Å². The molecule has 84 valence electrons. The first-order chi connectivity index (χ1) is 7.58. The fourth-order valence-electron chi connectivity index (χ4n) is 1.78. The van der Waals surface area contributed by atoms with E-state index in [1.165, 1.54) is 5.69 Å². The average molecular weight is 279 g/mol. The largest absolute Gasteiger partial charge is 0.345 e. The van der Waals surface area contributed by atoms with Crippen molar-refractivity contribution in [3.05, 3.63) is 40.3 Å². The highest BCUT2D eigenvalue weighted by atomic mass is 79.9. The van der Waals surface area contributed by atoms with Crippen LogP contribution < -0.4 is 0 Å². The smallest absolute Gasteiger partial charge is 0.103 e. The number of hydrogen-bond donors (Lipinski definition) is 1. The zero-order chi connectivity index (χ0) is 11.7. The first kappa shape index (κ1) is 11.4. The van der Waals surface area contributed by atoms with E-state index in [-0.39, 0.29) is 0 Å². The summed E-state index contributed by atoms with van der Waals surface area (Å²) in [6.45, 7) is 6.34. The van der Waals surface area contributed by atoms with E-state index < -0.39 is 0 Å². The third kappa shape index (κ3) is 2.19. The Labute approximate surface area is 104 Å². The number of benzene rings is 1. The summed E-state index contributed by atoms with van der Waals surface area (Å²) >= 11 is 3.49. The van der Waals surface area contributed by atoms with Crippen LogP contribution in [0.4, 0.5) is 0 Å². The Hall–Kier alpha value is -1.09. The minimum absolute atomic E-state index is 0.454. The summed E-state index contributed by atoms with van der Waals surface area (Å²) < 4.78 is 1.08. The van der Waals surface area contributed by atoms with Crippen molar-refractivity contribution in [1.82, 2.24) is 9.97 Å². The lowest BCUT2D eigenvalue weighted by molar-refractivity contribution is 0.831. The molecule has 0 aliphatic rings. The first-order valence-corrected chi connectivity index (χ1v) is 6.19. The molecular formula is C13H15BrN2. The number of aryl methyl sites for hydroxylation is 1. The van der Waals surface area contributed by atoms with Crippen molar-refractivity contribution in [2.75, 3.05) is 0 Å². The second-order valence-corrected chi connectivity index (χ2v) is 5.17. The Balaban J connectivity index is 2.55. The molecule has 0 radical (unpaired) electrons. The third-order valence-corrected chi connectivity index (χ3v) is 3.02. The van der Waals surface area contributed by atoms with E-state index in [0.29, 0.717) is 5.92 Å². The predicted octanol–water partition coefficient (Wildman–Crippen LogP) is 4.27. The number of halogens is 1. The molecule has 2 rings (SSSR count). The molecule has 2 nitrogen and oxygen atoms in total. The zero-order valence-corrected chi connectivity index (χ0v) is 11.3. The molecule has 0 fully saturated rings. The van der Waals surface area contributed by atoms with E-state index >= 15 is 0 Å².